The van der Waals surface area contributed by atoms with Gasteiger partial charge in [0.05, 0.1) is 5.56 Å². The molecule has 2 aromatic heterocycles. The third-order valence-corrected chi connectivity index (χ3v) is 5.17. The van der Waals surface area contributed by atoms with Crippen molar-refractivity contribution in [1.82, 2.24) is 15.3 Å². The molecule has 0 amide bonds. The van der Waals surface area contributed by atoms with Crippen molar-refractivity contribution in [3.63, 3.8) is 0 Å². The molecule has 30 heavy (non-hydrogen) atoms. The summed E-state index contributed by atoms with van der Waals surface area (Å²) < 4.78 is 14.1. The molecule has 0 bridgehead atoms. The van der Waals surface area contributed by atoms with E-state index in [-0.39, 0.29) is 33.0 Å². The summed E-state index contributed by atoms with van der Waals surface area (Å²) in [5.74, 6) is -0.516. The number of aromatic nitrogens is 2. The molecule has 1 aliphatic rings. The number of rotatable bonds is 5. The maximum Gasteiger partial charge on any atom is 0.215 e. The first-order valence-electron chi connectivity index (χ1n) is 9.69. The highest BCUT2D eigenvalue weighted by atomic mass is 19.1. The molecular formula is C23H28FN5O. The molecule has 0 saturated carbocycles. The number of ketones is 1. The Labute approximate surface area is 178 Å². The lowest BCUT2D eigenvalue weighted by Crippen LogP contribution is -2.46. The van der Waals surface area contributed by atoms with E-state index >= 15 is 0 Å². The van der Waals surface area contributed by atoms with E-state index in [9.17, 15) is 9.18 Å². The highest BCUT2D eigenvalue weighted by molar-refractivity contribution is 6.12. The second-order valence-electron chi connectivity index (χ2n) is 7.10. The zero-order chi connectivity index (χ0) is 21.1. The van der Waals surface area contributed by atoms with Gasteiger partial charge in [-0.25, -0.2) is 14.4 Å². The predicted octanol–water partition coefficient (Wildman–Crippen LogP) is 4.12. The first kappa shape index (κ1) is 19.7. The highest BCUT2D eigenvalue weighted by Gasteiger charge is 2.25. The van der Waals surface area contributed by atoms with Crippen LogP contribution in [-0.2, 0) is 0 Å². The molecule has 7 heteroatoms. The summed E-state index contributed by atoms with van der Waals surface area (Å²) >= 11 is 0. The van der Waals surface area contributed by atoms with Gasteiger partial charge in [0.15, 0.2) is 0 Å². The van der Waals surface area contributed by atoms with Crippen molar-refractivity contribution >= 4 is 23.2 Å². The number of nitrogens with two attached hydrogens (primary N) is 1. The molecule has 0 unspecified atom stereocenters. The van der Waals surface area contributed by atoms with Crippen LogP contribution < -0.4 is 16.0 Å². The number of benzene rings is 1. The van der Waals surface area contributed by atoms with Crippen LogP contribution in [0.4, 0.5) is 16.0 Å². The normalized spacial score (nSPS) is 16.3. The smallest absolute Gasteiger partial charge is 0.215 e. The number of hydrogen-bond donors (Lipinski definition) is 2. The van der Waals surface area contributed by atoms with Crippen LogP contribution in [0.3, 0.4) is 0 Å². The van der Waals surface area contributed by atoms with Gasteiger partial charge in [0.2, 0.25) is 5.78 Å². The van der Waals surface area contributed by atoms with Crippen LogP contribution in [0.1, 0.15) is 37.5 Å². The van der Waals surface area contributed by atoms with Crippen LogP contribution in [0.5, 0.6) is 0 Å². The highest BCUT2D eigenvalue weighted by Crippen LogP contribution is 2.27. The van der Waals surface area contributed by atoms with Crippen molar-refractivity contribution in [2.75, 3.05) is 30.3 Å². The summed E-state index contributed by atoms with van der Waals surface area (Å²) in [6.07, 6.45) is 1.50. The molecule has 1 fully saturated rings. The van der Waals surface area contributed by atoms with Crippen molar-refractivity contribution in [2.24, 2.45) is 0 Å². The van der Waals surface area contributed by atoms with Crippen LogP contribution in [0, 0.1) is 0 Å². The van der Waals surface area contributed by atoms with Crippen LogP contribution in [-0.4, -0.2) is 35.4 Å². The third-order valence-electron chi connectivity index (χ3n) is 5.17. The minimum Gasteiger partial charge on any atom is -0.383 e. The Bertz CT molecular complexity index is 1100. The Morgan fingerprint density at radius 1 is 1.17 bits per heavy atom. The fourth-order valence-electron chi connectivity index (χ4n) is 3.62. The van der Waals surface area contributed by atoms with E-state index < -0.39 is 11.6 Å². The maximum atomic E-state index is 14.1. The zero-order valence-electron chi connectivity index (χ0n) is 16.4. The van der Waals surface area contributed by atoms with Crippen LogP contribution in [0.15, 0.2) is 67.4 Å². The van der Waals surface area contributed by atoms with Crippen LogP contribution in [0.25, 0.3) is 5.83 Å². The minimum atomic E-state index is -0.720. The number of anilines is 2. The van der Waals surface area contributed by atoms with Crippen molar-refractivity contribution in [1.29, 1.82) is 0 Å². The number of pyridine rings is 2. The topological polar surface area (TPSA) is 84.1 Å². The van der Waals surface area contributed by atoms with Crippen molar-refractivity contribution in [2.45, 2.75) is 6.04 Å². The van der Waals surface area contributed by atoms with Gasteiger partial charge in [-0.2, -0.15) is 0 Å². The molecule has 3 N–H and O–H groups in total. The molecule has 6 nitrogen and oxygen atoms in total. The van der Waals surface area contributed by atoms with E-state index in [4.69, 9.17) is 5.73 Å². The van der Waals surface area contributed by atoms with Crippen LogP contribution in [0.2, 0.25) is 0 Å². The first-order chi connectivity index (χ1) is 14.5. The summed E-state index contributed by atoms with van der Waals surface area (Å²) in [5, 5.41) is 3.50. The molecule has 0 radical (unpaired) electrons. The monoisotopic (exact) mass is 409 g/mol. The average Bonchev–Trinajstić information content (AvgIpc) is 2.79. The van der Waals surface area contributed by atoms with Gasteiger partial charge in [-0.1, -0.05) is 36.9 Å². The van der Waals surface area contributed by atoms with Crippen molar-refractivity contribution in [3.05, 3.63) is 89.8 Å². The molecule has 1 saturated heterocycles. The van der Waals surface area contributed by atoms with Gasteiger partial charge in [0.25, 0.3) is 0 Å². The summed E-state index contributed by atoms with van der Waals surface area (Å²) in [5.41, 5.74) is 7.26. The van der Waals surface area contributed by atoms with Gasteiger partial charge >= 0.3 is 0 Å². The lowest BCUT2D eigenvalue weighted by molar-refractivity contribution is 0.103. The van der Waals surface area contributed by atoms with Gasteiger partial charge in [-0.3, -0.25) is 4.79 Å². The number of carbonyl (C=O) groups is 1. The van der Waals surface area contributed by atoms with E-state index in [1.807, 2.05) is 18.2 Å². The lowest BCUT2D eigenvalue weighted by Gasteiger charge is -2.35. The molecule has 158 valence electrons. The number of piperazine rings is 1. The summed E-state index contributed by atoms with van der Waals surface area (Å²) in [4.78, 5) is 23.7. The molecule has 4 rings (SSSR count). The molecule has 3 aromatic rings. The molecule has 1 aliphatic heterocycles. The van der Waals surface area contributed by atoms with E-state index in [0.29, 0.717) is 12.4 Å². The molecule has 0 spiro atoms. The van der Waals surface area contributed by atoms with Crippen molar-refractivity contribution < 1.29 is 13.5 Å². The maximum absolute atomic E-state index is 14.1. The molecule has 1 atom stereocenters. The molecule has 1 aromatic carbocycles. The molecular weight excluding hydrogens is 381 g/mol. The van der Waals surface area contributed by atoms with E-state index in [1.165, 1.54) is 11.8 Å². The van der Waals surface area contributed by atoms with Gasteiger partial charge in [-0.05, 0) is 29.8 Å². The number of nitrogen functional groups attached to an aromatic ring is 1. The first-order valence-corrected chi connectivity index (χ1v) is 9.69. The quantitative estimate of drug-likeness (QED) is 0.617. The second-order valence-corrected chi connectivity index (χ2v) is 7.10. The Balaban J connectivity index is 0.00000181. The van der Waals surface area contributed by atoms with Gasteiger partial charge < -0.3 is 16.0 Å². The number of halogens is 1. The van der Waals surface area contributed by atoms with Gasteiger partial charge in [0, 0.05) is 41.7 Å². The lowest BCUT2D eigenvalue weighted by atomic mass is 10.0. The van der Waals surface area contributed by atoms with Crippen LogP contribution >= 0.6 is 0 Å². The van der Waals surface area contributed by atoms with Gasteiger partial charge in [-0.15, -0.1) is 0 Å². The van der Waals surface area contributed by atoms with Gasteiger partial charge in [0.1, 0.15) is 23.2 Å². The van der Waals surface area contributed by atoms with Crippen molar-refractivity contribution in [3.8, 4) is 0 Å². The summed E-state index contributed by atoms with van der Waals surface area (Å²) in [7, 11) is 0. The van der Waals surface area contributed by atoms with E-state index in [0.717, 1.165) is 13.1 Å². The standard InChI is InChI=1S/C23H22FN5O.3H2/c1-15(24)17-9-10-20(28-21(17)22(30)18-8-5-11-27-23(18)25)29-13-12-26-19(14-29)16-6-3-2-4-7-16;;;/h2-11,19,26H,1,12-14H2,(H2,25,27);3*1H/t19-;;;/m1.../s1. The number of hydrogen-bond acceptors (Lipinski definition) is 6. The predicted molar refractivity (Wildman–Crippen MR) is 122 cm³/mol. The Morgan fingerprint density at radius 3 is 2.70 bits per heavy atom. The Hall–Kier alpha value is -3.58. The minimum absolute atomic E-state index is 0. The van der Waals surface area contributed by atoms with E-state index in [2.05, 4.69) is 38.9 Å². The SMILES string of the molecule is C=C(F)c1ccc(N2CCN[C@@H](c3ccccc3)C2)nc1C(=O)c1cccnc1N.[HH].[HH].[HH]. The Morgan fingerprint density at radius 2 is 1.97 bits per heavy atom. The number of nitrogens with one attached hydrogen (secondary N) is 1. The fraction of sp³-hybridized carbons (Fsp3) is 0.174. The largest absolute Gasteiger partial charge is 0.383 e. The second kappa shape index (κ2) is 8.42. The number of carbonyl (C=O) groups excluding carboxylic acids is 1. The average molecular weight is 410 g/mol. The number of nitrogens with zero attached hydrogens (tertiary/aromatic N) is 3. The zero-order valence-corrected chi connectivity index (χ0v) is 16.4. The molecule has 3 heterocycles. The fourth-order valence-corrected chi connectivity index (χ4v) is 3.62. The van der Waals surface area contributed by atoms with E-state index in [1.54, 1.807) is 24.3 Å². The third kappa shape index (κ3) is 3.92. The summed E-state index contributed by atoms with van der Waals surface area (Å²) in [6, 6.07) is 16.7. The Kier molecular flexibility index (Phi) is 5.54. The molecule has 0 aliphatic carbocycles. The summed E-state index contributed by atoms with van der Waals surface area (Å²) in [6.45, 7) is 5.50.